The molecule has 0 aliphatic carbocycles. The van der Waals surface area contributed by atoms with Gasteiger partial charge in [-0.05, 0) is 48.1 Å². The minimum atomic E-state index is -0.484. The van der Waals surface area contributed by atoms with Gasteiger partial charge in [0.25, 0.3) is 11.8 Å². The number of hydrogen-bond acceptors (Lipinski definition) is 5. The molecule has 2 aromatic rings. The first-order valence-electron chi connectivity index (χ1n) is 7.64. The van der Waals surface area contributed by atoms with E-state index in [9.17, 15) is 14.7 Å². The lowest BCUT2D eigenvalue weighted by Crippen LogP contribution is -2.44. The molecule has 1 heterocycles. The van der Waals surface area contributed by atoms with E-state index in [0.29, 0.717) is 10.5 Å². The van der Waals surface area contributed by atoms with E-state index in [1.807, 2.05) is 36.4 Å². The van der Waals surface area contributed by atoms with Crippen molar-refractivity contribution in [3.05, 3.63) is 82.8 Å². The largest absolute Gasteiger partial charge is 0.508 e. The van der Waals surface area contributed by atoms with Crippen LogP contribution in [0.15, 0.2) is 71.7 Å². The standard InChI is InChI=1S/C19H14N2O3S2/c22-15-11-9-14(10-12-15)17(23)20-21-18(24)16(26-19(21)25)8-4-7-13-5-2-1-3-6-13/h1-12,22H,(H,20,23)/b7-4+,16-8-. The summed E-state index contributed by atoms with van der Waals surface area (Å²) in [6.45, 7) is 0. The second-order valence-electron chi connectivity index (χ2n) is 5.30. The molecule has 7 heteroatoms. The van der Waals surface area contributed by atoms with Crippen molar-refractivity contribution in [2.75, 3.05) is 0 Å². The van der Waals surface area contributed by atoms with Crippen molar-refractivity contribution in [1.29, 1.82) is 0 Å². The third-order valence-corrected chi connectivity index (χ3v) is 4.79. The number of nitrogens with zero attached hydrogens (tertiary/aromatic N) is 1. The fourth-order valence-corrected chi connectivity index (χ4v) is 3.30. The molecule has 1 aliphatic rings. The Bertz CT molecular complexity index is 906. The summed E-state index contributed by atoms with van der Waals surface area (Å²) in [5.41, 5.74) is 3.81. The number of rotatable bonds is 4. The van der Waals surface area contributed by atoms with E-state index in [1.165, 1.54) is 24.3 Å². The number of carbonyl (C=O) groups excluding carboxylic acids is 2. The number of amides is 2. The number of thiocarbonyl (C=S) groups is 1. The predicted molar refractivity (Wildman–Crippen MR) is 106 cm³/mol. The highest BCUT2D eigenvalue weighted by molar-refractivity contribution is 8.26. The molecular weight excluding hydrogens is 368 g/mol. The number of carbonyl (C=O) groups is 2. The van der Waals surface area contributed by atoms with E-state index in [2.05, 4.69) is 5.43 Å². The molecule has 2 N–H and O–H groups in total. The van der Waals surface area contributed by atoms with Crippen LogP contribution in [0.2, 0.25) is 0 Å². The molecule has 0 bridgehead atoms. The molecule has 130 valence electrons. The molecule has 2 amide bonds. The number of hydrazine groups is 1. The maximum absolute atomic E-state index is 12.4. The number of thioether (sulfide) groups is 1. The summed E-state index contributed by atoms with van der Waals surface area (Å²) in [4.78, 5) is 25.1. The van der Waals surface area contributed by atoms with Gasteiger partial charge >= 0.3 is 0 Å². The topological polar surface area (TPSA) is 69.6 Å². The van der Waals surface area contributed by atoms with Crippen molar-refractivity contribution in [3.8, 4) is 5.75 Å². The zero-order valence-corrected chi connectivity index (χ0v) is 15.1. The minimum Gasteiger partial charge on any atom is -0.508 e. The number of aromatic hydroxyl groups is 1. The Labute approximate surface area is 160 Å². The quantitative estimate of drug-likeness (QED) is 0.626. The maximum Gasteiger partial charge on any atom is 0.285 e. The van der Waals surface area contributed by atoms with E-state index >= 15 is 0 Å². The number of allylic oxidation sites excluding steroid dienone is 2. The molecule has 0 aromatic heterocycles. The molecule has 0 saturated carbocycles. The lowest BCUT2D eigenvalue weighted by molar-refractivity contribution is -0.123. The van der Waals surface area contributed by atoms with E-state index in [1.54, 1.807) is 12.2 Å². The van der Waals surface area contributed by atoms with Crippen LogP contribution in [0.3, 0.4) is 0 Å². The molecule has 0 atom stereocenters. The highest BCUT2D eigenvalue weighted by atomic mass is 32.2. The summed E-state index contributed by atoms with van der Waals surface area (Å²) in [6.07, 6.45) is 5.31. The summed E-state index contributed by atoms with van der Waals surface area (Å²) in [6, 6.07) is 15.4. The van der Waals surface area contributed by atoms with Gasteiger partial charge in [-0.3, -0.25) is 15.0 Å². The van der Waals surface area contributed by atoms with Crippen LogP contribution in [0.25, 0.3) is 6.08 Å². The smallest absolute Gasteiger partial charge is 0.285 e. The van der Waals surface area contributed by atoms with E-state index in [4.69, 9.17) is 12.2 Å². The van der Waals surface area contributed by atoms with Crippen LogP contribution >= 0.6 is 24.0 Å². The molecule has 1 fully saturated rings. The number of hydrogen-bond donors (Lipinski definition) is 2. The molecule has 26 heavy (non-hydrogen) atoms. The van der Waals surface area contributed by atoms with Gasteiger partial charge in [-0.1, -0.05) is 54.2 Å². The predicted octanol–water partition coefficient (Wildman–Crippen LogP) is 3.49. The van der Waals surface area contributed by atoms with Crippen LogP contribution in [-0.4, -0.2) is 26.3 Å². The Hall–Kier alpha value is -2.90. The van der Waals surface area contributed by atoms with Gasteiger partial charge in [-0.2, -0.15) is 5.01 Å². The molecule has 1 aliphatic heterocycles. The first kappa shape index (κ1) is 17.9. The molecule has 3 rings (SSSR count). The molecule has 1 saturated heterocycles. The number of phenols is 1. The monoisotopic (exact) mass is 382 g/mol. The van der Waals surface area contributed by atoms with Crippen molar-refractivity contribution in [2.45, 2.75) is 0 Å². The van der Waals surface area contributed by atoms with Crippen molar-refractivity contribution in [2.24, 2.45) is 0 Å². The normalized spacial score (nSPS) is 15.8. The van der Waals surface area contributed by atoms with Gasteiger partial charge in [-0.25, -0.2) is 0 Å². The van der Waals surface area contributed by atoms with Gasteiger partial charge < -0.3 is 5.11 Å². The van der Waals surface area contributed by atoms with Gasteiger partial charge in [0.15, 0.2) is 4.32 Å². The van der Waals surface area contributed by atoms with Crippen LogP contribution in [0.4, 0.5) is 0 Å². The highest BCUT2D eigenvalue weighted by Crippen LogP contribution is 2.29. The van der Waals surface area contributed by atoms with Gasteiger partial charge in [0.05, 0.1) is 4.91 Å². The SMILES string of the molecule is O=C(NN1C(=O)/C(=C/C=C/c2ccccc2)SC1=S)c1ccc(O)cc1. The highest BCUT2D eigenvalue weighted by Gasteiger charge is 2.33. The number of nitrogens with one attached hydrogen (secondary N) is 1. The van der Waals surface area contributed by atoms with Gasteiger partial charge in [-0.15, -0.1) is 0 Å². The summed E-state index contributed by atoms with van der Waals surface area (Å²) in [5, 5.41) is 10.3. The summed E-state index contributed by atoms with van der Waals surface area (Å²) >= 11 is 6.30. The first-order chi connectivity index (χ1) is 12.5. The number of phenolic OH excluding ortho intramolecular Hbond substituents is 1. The second kappa shape index (κ2) is 7.99. The zero-order valence-electron chi connectivity index (χ0n) is 13.5. The fraction of sp³-hybridized carbons (Fsp3) is 0. The van der Waals surface area contributed by atoms with Crippen molar-refractivity contribution in [3.63, 3.8) is 0 Å². The third kappa shape index (κ3) is 4.19. The van der Waals surface area contributed by atoms with Gasteiger partial charge in [0.2, 0.25) is 0 Å². The Morgan fingerprint density at radius 2 is 1.81 bits per heavy atom. The Balaban J connectivity index is 1.68. The molecule has 0 radical (unpaired) electrons. The number of benzene rings is 2. The minimum absolute atomic E-state index is 0.0558. The van der Waals surface area contributed by atoms with Gasteiger partial charge in [0.1, 0.15) is 5.75 Å². The van der Waals surface area contributed by atoms with Crippen LogP contribution < -0.4 is 5.43 Å². The molecule has 0 unspecified atom stereocenters. The van der Waals surface area contributed by atoms with E-state index < -0.39 is 5.91 Å². The molecule has 0 spiro atoms. The van der Waals surface area contributed by atoms with Crippen molar-refractivity contribution < 1.29 is 14.7 Å². The molecule has 5 nitrogen and oxygen atoms in total. The average Bonchev–Trinajstić information content (AvgIpc) is 2.91. The van der Waals surface area contributed by atoms with Crippen LogP contribution in [0.1, 0.15) is 15.9 Å². The van der Waals surface area contributed by atoms with E-state index in [-0.39, 0.29) is 16.0 Å². The fourth-order valence-electron chi connectivity index (χ4n) is 2.17. The summed E-state index contributed by atoms with van der Waals surface area (Å²) < 4.78 is 0.251. The van der Waals surface area contributed by atoms with Gasteiger partial charge in [0, 0.05) is 5.56 Å². The van der Waals surface area contributed by atoms with Crippen LogP contribution in [0, 0.1) is 0 Å². The second-order valence-corrected chi connectivity index (χ2v) is 6.97. The van der Waals surface area contributed by atoms with Crippen LogP contribution in [0.5, 0.6) is 5.75 Å². The summed E-state index contributed by atoms with van der Waals surface area (Å²) in [5.74, 6) is -0.812. The van der Waals surface area contributed by atoms with Crippen molar-refractivity contribution >= 4 is 46.2 Å². The van der Waals surface area contributed by atoms with Crippen molar-refractivity contribution in [1.82, 2.24) is 10.4 Å². The lowest BCUT2D eigenvalue weighted by Gasteiger charge is -2.15. The average molecular weight is 382 g/mol. The third-order valence-electron chi connectivity index (χ3n) is 3.47. The van der Waals surface area contributed by atoms with E-state index in [0.717, 1.165) is 22.3 Å². The molecule has 2 aromatic carbocycles. The molecular formula is C19H14N2O3S2. The summed E-state index contributed by atoms with van der Waals surface area (Å²) in [7, 11) is 0. The zero-order chi connectivity index (χ0) is 18.5. The van der Waals surface area contributed by atoms with Crippen LogP contribution in [-0.2, 0) is 4.79 Å². The Morgan fingerprint density at radius 3 is 2.50 bits per heavy atom. The lowest BCUT2D eigenvalue weighted by atomic mass is 10.2. The Kier molecular flexibility index (Phi) is 5.50. The first-order valence-corrected chi connectivity index (χ1v) is 8.87. The maximum atomic E-state index is 12.4. The Morgan fingerprint density at radius 1 is 1.12 bits per heavy atom.